The average Bonchev–Trinajstić information content (AvgIpc) is 2.63. The van der Waals surface area contributed by atoms with E-state index >= 15 is 0 Å². The van der Waals surface area contributed by atoms with Crippen LogP contribution in [0.3, 0.4) is 0 Å². The van der Waals surface area contributed by atoms with Crippen molar-refractivity contribution >= 4 is 31.6 Å². The van der Waals surface area contributed by atoms with Gasteiger partial charge in [0.15, 0.2) is 0 Å². The maximum atomic E-state index is 2.63. The molecule has 1 aliphatic rings. The first-order valence-corrected chi connectivity index (χ1v) is 14.9. The zero-order valence-electron chi connectivity index (χ0n) is 16.7. The van der Waals surface area contributed by atoms with E-state index in [-0.39, 0.29) is 5.54 Å². The van der Waals surface area contributed by atoms with E-state index in [1.165, 1.54) is 16.7 Å². The number of hydrogen-bond acceptors (Lipinski definition) is 1. The molecule has 0 aromatic heterocycles. The van der Waals surface area contributed by atoms with Crippen molar-refractivity contribution in [2.45, 2.75) is 46.3 Å². The van der Waals surface area contributed by atoms with Crippen LogP contribution in [0.1, 0.15) is 37.5 Å². The Hall–Kier alpha value is -1.50. The van der Waals surface area contributed by atoms with Crippen LogP contribution in [-0.2, 0) is 13.1 Å². The number of benzene rings is 3. The van der Waals surface area contributed by atoms with Gasteiger partial charge in [0.25, 0.3) is 0 Å². The summed E-state index contributed by atoms with van der Waals surface area (Å²) < 4.78 is 4.86. The Morgan fingerprint density at radius 3 is 1.67 bits per heavy atom. The van der Waals surface area contributed by atoms with E-state index in [0.717, 1.165) is 13.1 Å². The Morgan fingerprint density at radius 1 is 0.704 bits per heavy atom. The summed E-state index contributed by atoms with van der Waals surface area (Å²) in [4.78, 5) is 2.63. The molecule has 0 saturated carbocycles. The van der Waals surface area contributed by atoms with E-state index in [2.05, 4.69) is 105 Å². The second-order valence-corrected chi connectivity index (χ2v) is 16.8. The third-order valence-electron chi connectivity index (χ3n) is 5.43. The summed E-state index contributed by atoms with van der Waals surface area (Å²) in [5.74, 6) is 0. The van der Waals surface area contributed by atoms with Gasteiger partial charge in [-0.15, -0.1) is 0 Å². The summed E-state index contributed by atoms with van der Waals surface area (Å²) in [5.41, 5.74) is 4.54. The fourth-order valence-corrected chi connectivity index (χ4v) is 13.9. The van der Waals surface area contributed by atoms with Gasteiger partial charge in [0.05, 0.1) is 0 Å². The van der Waals surface area contributed by atoms with Gasteiger partial charge in [-0.25, -0.2) is 0 Å². The maximum absolute atomic E-state index is 2.63. The van der Waals surface area contributed by atoms with Gasteiger partial charge in [-0.1, -0.05) is 0 Å². The van der Waals surface area contributed by atoms with Gasteiger partial charge in [0.2, 0.25) is 0 Å². The molecular weight excluding hydrogens is 523 g/mol. The van der Waals surface area contributed by atoms with Gasteiger partial charge in [-0.2, -0.15) is 0 Å². The quantitative estimate of drug-likeness (QED) is 0.418. The van der Waals surface area contributed by atoms with Crippen LogP contribution in [0.15, 0.2) is 72.8 Å². The molecule has 4 rings (SSSR count). The van der Waals surface area contributed by atoms with Crippen LogP contribution in [0, 0.1) is 6.92 Å². The summed E-state index contributed by atoms with van der Waals surface area (Å²) in [7, 11) is 0. The van der Waals surface area contributed by atoms with Gasteiger partial charge in [-0.3, -0.25) is 0 Å². The molecule has 3 aromatic carbocycles. The monoisotopic (exact) mass is 551 g/mol. The molecule has 0 amide bonds. The minimum absolute atomic E-state index is 0.145. The van der Waals surface area contributed by atoms with E-state index in [1.54, 1.807) is 9.81 Å². The molecule has 0 radical (unpaired) electrons. The second-order valence-electron chi connectivity index (χ2n) is 8.46. The van der Waals surface area contributed by atoms with Crippen molar-refractivity contribution < 1.29 is 0 Å². The van der Waals surface area contributed by atoms with Crippen LogP contribution in [0.25, 0.3) is 0 Å². The molecular formula is C25H28BiN. The molecule has 0 fully saturated rings. The first-order chi connectivity index (χ1) is 12.9. The number of nitrogens with zero attached hydrogens (tertiary/aromatic N) is 1. The van der Waals surface area contributed by atoms with Crippen LogP contribution in [0.2, 0.25) is 0 Å². The zero-order chi connectivity index (χ0) is 19.0. The molecule has 1 heterocycles. The van der Waals surface area contributed by atoms with E-state index < -0.39 is 21.8 Å². The van der Waals surface area contributed by atoms with Crippen LogP contribution >= 0.6 is 0 Å². The molecule has 0 unspecified atom stereocenters. The molecule has 0 spiro atoms. The molecule has 3 aromatic rings. The number of hydrogen-bond donors (Lipinski definition) is 0. The first kappa shape index (κ1) is 18.8. The first-order valence-electron chi connectivity index (χ1n) is 9.71. The van der Waals surface area contributed by atoms with E-state index in [0.29, 0.717) is 0 Å². The Labute approximate surface area is 171 Å². The Bertz CT molecular complexity index is 888. The Balaban J connectivity index is 1.95. The molecule has 2 heteroatoms. The number of aryl methyl sites for hydroxylation is 1. The van der Waals surface area contributed by atoms with Gasteiger partial charge in [-0.05, 0) is 0 Å². The molecule has 1 aliphatic heterocycles. The number of fused-ring (bicyclic) bond motifs is 2. The predicted molar refractivity (Wildman–Crippen MR) is 118 cm³/mol. The molecule has 0 bridgehead atoms. The van der Waals surface area contributed by atoms with E-state index in [9.17, 15) is 0 Å². The molecule has 138 valence electrons. The predicted octanol–water partition coefficient (Wildman–Crippen LogP) is 3.63. The fraction of sp³-hybridized carbons (Fsp3) is 0.280. The standard InChI is InChI=1S/C18H21N.C7H7.Bi/c1-18(2,3)19(14-16-10-6-4-7-11-16)15-17-12-8-5-9-13-17;1-7-5-3-2-4-6-7;/h4-10,12H,14-15H2,1-3H3;3-6H,1H3;. The normalized spacial score (nSPS) is 15.6. The van der Waals surface area contributed by atoms with E-state index in [1.807, 2.05) is 0 Å². The van der Waals surface area contributed by atoms with Crippen LogP contribution in [0.4, 0.5) is 0 Å². The molecule has 27 heavy (non-hydrogen) atoms. The second kappa shape index (κ2) is 7.49. The van der Waals surface area contributed by atoms with Crippen LogP contribution < -0.4 is 9.81 Å². The third-order valence-corrected chi connectivity index (χ3v) is 15.7. The molecule has 0 aliphatic carbocycles. The Morgan fingerprint density at radius 2 is 1.19 bits per heavy atom. The summed E-state index contributed by atoms with van der Waals surface area (Å²) in [6.45, 7) is 11.2. The zero-order valence-corrected chi connectivity index (χ0v) is 20.2. The van der Waals surface area contributed by atoms with Crippen molar-refractivity contribution in [1.82, 2.24) is 4.90 Å². The van der Waals surface area contributed by atoms with Gasteiger partial charge >= 0.3 is 172 Å². The summed E-state index contributed by atoms with van der Waals surface area (Å²) in [6.07, 6.45) is 0. The van der Waals surface area contributed by atoms with Crippen LogP contribution in [0.5, 0.6) is 0 Å². The van der Waals surface area contributed by atoms with Crippen LogP contribution in [-0.4, -0.2) is 32.2 Å². The van der Waals surface area contributed by atoms with Gasteiger partial charge in [0, 0.05) is 0 Å². The summed E-state index contributed by atoms with van der Waals surface area (Å²) in [5, 5.41) is 0. The average molecular weight is 551 g/mol. The molecule has 0 atom stereocenters. The Kier molecular flexibility index (Phi) is 5.23. The van der Waals surface area contributed by atoms with Crippen molar-refractivity contribution in [3.8, 4) is 0 Å². The van der Waals surface area contributed by atoms with Crippen molar-refractivity contribution in [3.63, 3.8) is 0 Å². The van der Waals surface area contributed by atoms with Crippen molar-refractivity contribution in [2.75, 3.05) is 0 Å². The van der Waals surface area contributed by atoms with Crippen molar-refractivity contribution in [1.29, 1.82) is 0 Å². The van der Waals surface area contributed by atoms with Crippen molar-refractivity contribution in [3.05, 3.63) is 89.5 Å². The minimum atomic E-state index is -2.31. The SMILES string of the molecule is Cc1cc[c]([Bi]2[c]3ccccc3CN(C(C)(C)C)Cc3cccc[c]32)cc1. The molecule has 0 saturated heterocycles. The fourth-order valence-electron chi connectivity index (χ4n) is 3.77. The van der Waals surface area contributed by atoms with Crippen molar-refractivity contribution in [2.24, 2.45) is 0 Å². The summed E-state index contributed by atoms with van der Waals surface area (Å²) in [6, 6.07) is 27.8. The summed E-state index contributed by atoms with van der Waals surface area (Å²) >= 11 is -2.31. The molecule has 1 nitrogen and oxygen atoms in total. The van der Waals surface area contributed by atoms with Gasteiger partial charge in [0.1, 0.15) is 0 Å². The van der Waals surface area contributed by atoms with E-state index in [4.69, 9.17) is 0 Å². The van der Waals surface area contributed by atoms with Gasteiger partial charge < -0.3 is 0 Å². The topological polar surface area (TPSA) is 3.24 Å². The third kappa shape index (κ3) is 3.89. The number of rotatable bonds is 1. The molecule has 0 N–H and O–H groups in total.